The number of rotatable bonds is 5. The number of nitrogens with two attached hydrogens (primary N) is 1. The molecule has 5 N–H and O–H groups in total. The Morgan fingerprint density at radius 2 is 2.00 bits per heavy atom. The smallest absolute Gasteiger partial charge is 0.326 e. The number of benzene rings is 1. The molecule has 7 nitrogen and oxygen atoms in total. The average Bonchev–Trinajstić information content (AvgIpc) is 2.25. The van der Waals surface area contributed by atoms with Crippen LogP contribution in [0.1, 0.15) is 12.0 Å². The van der Waals surface area contributed by atoms with Crippen LogP contribution >= 0.6 is 0 Å². The van der Waals surface area contributed by atoms with Gasteiger partial charge in [-0.05, 0) is 30.7 Å². The normalized spacial score (nSPS) is 11.5. The number of hydrogen-bond donors (Lipinski definition) is 4. The fourth-order valence-electron chi connectivity index (χ4n) is 1.54. The van der Waals surface area contributed by atoms with E-state index in [-0.39, 0.29) is 5.69 Å². The summed E-state index contributed by atoms with van der Waals surface area (Å²) in [4.78, 5) is 33.1. The highest BCUT2D eigenvalue weighted by atomic mass is 19.1. The number of carbonyl (C=O) groups excluding carboxylic acids is 2. The number of aryl methyl sites for hydroxylation is 1. The Bertz CT molecular complexity index is 527. The highest BCUT2D eigenvalue weighted by molar-refractivity contribution is 5.93. The van der Waals surface area contributed by atoms with E-state index in [1.165, 1.54) is 12.1 Å². The van der Waals surface area contributed by atoms with Gasteiger partial charge in [-0.15, -0.1) is 0 Å². The van der Waals surface area contributed by atoms with Gasteiger partial charge in [-0.2, -0.15) is 0 Å². The van der Waals surface area contributed by atoms with E-state index in [9.17, 15) is 18.8 Å². The molecule has 0 aliphatic carbocycles. The Hall–Kier alpha value is -2.64. The molecule has 1 aromatic carbocycles. The zero-order valence-electron chi connectivity index (χ0n) is 10.6. The van der Waals surface area contributed by atoms with Crippen molar-refractivity contribution in [2.45, 2.75) is 19.4 Å². The quantitative estimate of drug-likeness (QED) is 0.631. The summed E-state index contributed by atoms with van der Waals surface area (Å²) in [6.45, 7) is 1.64. The van der Waals surface area contributed by atoms with E-state index >= 15 is 0 Å². The zero-order valence-corrected chi connectivity index (χ0v) is 10.6. The van der Waals surface area contributed by atoms with Gasteiger partial charge in [0.1, 0.15) is 11.9 Å². The molecule has 0 radical (unpaired) electrons. The molecule has 0 unspecified atom stereocenters. The monoisotopic (exact) mass is 283 g/mol. The molecule has 0 aromatic heterocycles. The lowest BCUT2D eigenvalue weighted by atomic mass is 10.2. The summed E-state index contributed by atoms with van der Waals surface area (Å²) in [5.74, 6) is -2.79. The summed E-state index contributed by atoms with van der Waals surface area (Å²) >= 11 is 0. The number of anilines is 1. The largest absolute Gasteiger partial charge is 0.480 e. The van der Waals surface area contributed by atoms with Gasteiger partial charge in [0.2, 0.25) is 5.91 Å². The van der Waals surface area contributed by atoms with Crippen LogP contribution in [0.15, 0.2) is 18.2 Å². The van der Waals surface area contributed by atoms with E-state index in [0.717, 1.165) is 6.07 Å². The molecule has 0 aliphatic rings. The third kappa shape index (κ3) is 4.92. The number of nitrogens with one attached hydrogen (secondary N) is 2. The first-order valence-electron chi connectivity index (χ1n) is 5.63. The van der Waals surface area contributed by atoms with Gasteiger partial charge in [0.05, 0.1) is 6.42 Å². The molecular weight excluding hydrogens is 269 g/mol. The first-order valence-corrected chi connectivity index (χ1v) is 5.63. The van der Waals surface area contributed by atoms with Crippen molar-refractivity contribution in [3.63, 3.8) is 0 Å². The van der Waals surface area contributed by atoms with Crippen LogP contribution < -0.4 is 16.4 Å². The lowest BCUT2D eigenvalue weighted by Crippen LogP contribution is -2.45. The van der Waals surface area contributed by atoms with Crippen LogP contribution in [-0.4, -0.2) is 29.1 Å². The highest BCUT2D eigenvalue weighted by Crippen LogP contribution is 2.13. The summed E-state index contributed by atoms with van der Waals surface area (Å²) in [7, 11) is 0. The molecule has 0 heterocycles. The zero-order chi connectivity index (χ0) is 15.3. The minimum Gasteiger partial charge on any atom is -0.480 e. The Morgan fingerprint density at radius 3 is 2.50 bits per heavy atom. The van der Waals surface area contributed by atoms with Gasteiger partial charge in [0.25, 0.3) is 0 Å². The molecule has 0 bridgehead atoms. The number of halogens is 1. The van der Waals surface area contributed by atoms with Crippen LogP contribution in [0.3, 0.4) is 0 Å². The molecule has 3 amide bonds. The molecule has 1 aromatic rings. The molecule has 0 aliphatic heterocycles. The van der Waals surface area contributed by atoms with E-state index in [0.29, 0.717) is 5.56 Å². The first-order chi connectivity index (χ1) is 9.27. The third-order valence-corrected chi connectivity index (χ3v) is 2.31. The van der Waals surface area contributed by atoms with Gasteiger partial charge in [0, 0.05) is 5.69 Å². The Morgan fingerprint density at radius 1 is 1.35 bits per heavy atom. The molecule has 1 rings (SSSR count). The molecule has 8 heteroatoms. The molecular formula is C12H14FN3O4. The van der Waals surface area contributed by atoms with Crippen LogP contribution in [0.4, 0.5) is 14.9 Å². The van der Waals surface area contributed by atoms with Crippen molar-refractivity contribution in [1.29, 1.82) is 0 Å². The third-order valence-electron chi connectivity index (χ3n) is 2.31. The number of urea groups is 1. The fourth-order valence-corrected chi connectivity index (χ4v) is 1.54. The second kappa shape index (κ2) is 6.50. The van der Waals surface area contributed by atoms with E-state index in [2.05, 4.69) is 10.6 Å². The molecule has 0 saturated carbocycles. The maximum atomic E-state index is 13.1. The topological polar surface area (TPSA) is 122 Å². The number of hydrogen-bond acceptors (Lipinski definition) is 3. The van der Waals surface area contributed by atoms with Crippen molar-refractivity contribution >= 4 is 23.6 Å². The van der Waals surface area contributed by atoms with Crippen LogP contribution in [0.5, 0.6) is 0 Å². The Labute approximate surface area is 114 Å². The second-order valence-corrected chi connectivity index (χ2v) is 4.18. The first kappa shape index (κ1) is 15.4. The summed E-state index contributed by atoms with van der Waals surface area (Å²) < 4.78 is 13.1. The Kier molecular flexibility index (Phi) is 5.01. The molecule has 108 valence electrons. The summed E-state index contributed by atoms with van der Waals surface area (Å²) in [5, 5.41) is 13.2. The van der Waals surface area contributed by atoms with E-state index < -0.39 is 36.2 Å². The van der Waals surface area contributed by atoms with Gasteiger partial charge < -0.3 is 21.5 Å². The maximum Gasteiger partial charge on any atom is 0.326 e. The van der Waals surface area contributed by atoms with Crippen molar-refractivity contribution in [2.24, 2.45) is 5.73 Å². The number of primary amides is 1. The van der Waals surface area contributed by atoms with Crippen LogP contribution in [0.2, 0.25) is 0 Å². The fraction of sp³-hybridized carbons (Fsp3) is 0.250. The van der Waals surface area contributed by atoms with Crippen molar-refractivity contribution in [3.05, 3.63) is 29.6 Å². The van der Waals surface area contributed by atoms with Gasteiger partial charge in [-0.25, -0.2) is 14.0 Å². The molecule has 0 fully saturated rings. The highest BCUT2D eigenvalue weighted by Gasteiger charge is 2.22. The predicted octanol–water partition coefficient (Wildman–Crippen LogP) is 0.584. The number of carbonyl (C=O) groups is 3. The van der Waals surface area contributed by atoms with E-state index in [1.807, 2.05) is 0 Å². The second-order valence-electron chi connectivity index (χ2n) is 4.18. The van der Waals surface area contributed by atoms with Crippen LogP contribution in [0.25, 0.3) is 0 Å². The molecule has 1 atom stereocenters. The summed E-state index contributed by atoms with van der Waals surface area (Å²) in [6.07, 6.45) is -0.537. The van der Waals surface area contributed by atoms with Gasteiger partial charge >= 0.3 is 12.0 Å². The number of aliphatic carboxylic acids is 1. The van der Waals surface area contributed by atoms with Gasteiger partial charge in [-0.3, -0.25) is 4.79 Å². The van der Waals surface area contributed by atoms with E-state index in [1.54, 1.807) is 6.92 Å². The predicted molar refractivity (Wildman–Crippen MR) is 68.5 cm³/mol. The van der Waals surface area contributed by atoms with Gasteiger partial charge in [-0.1, -0.05) is 0 Å². The molecule has 0 spiro atoms. The Balaban J connectivity index is 2.70. The van der Waals surface area contributed by atoms with Crippen molar-refractivity contribution in [1.82, 2.24) is 5.32 Å². The van der Waals surface area contributed by atoms with Crippen LogP contribution in [-0.2, 0) is 9.59 Å². The summed E-state index contributed by atoms with van der Waals surface area (Å²) in [5.41, 5.74) is 5.64. The minimum absolute atomic E-state index is 0.170. The van der Waals surface area contributed by atoms with Crippen molar-refractivity contribution < 1.29 is 23.9 Å². The number of amides is 3. The van der Waals surface area contributed by atoms with Gasteiger partial charge in [0.15, 0.2) is 0 Å². The SMILES string of the molecule is Cc1cc(F)cc(NC(=O)N[C@H](CC(N)=O)C(=O)O)c1. The molecule has 20 heavy (non-hydrogen) atoms. The lowest BCUT2D eigenvalue weighted by Gasteiger charge is -2.14. The van der Waals surface area contributed by atoms with E-state index in [4.69, 9.17) is 10.8 Å². The standard InChI is InChI=1S/C12H14FN3O4/c1-6-2-7(13)4-8(3-6)15-12(20)16-9(11(18)19)5-10(14)17/h2-4,9H,5H2,1H3,(H2,14,17)(H,18,19)(H2,15,16,20)/t9-/m1/s1. The minimum atomic E-state index is -1.44. The lowest BCUT2D eigenvalue weighted by molar-refractivity contribution is -0.140. The average molecular weight is 283 g/mol. The number of carboxylic acid groups (broad SMARTS) is 1. The number of carboxylic acids is 1. The van der Waals surface area contributed by atoms with Crippen LogP contribution in [0, 0.1) is 12.7 Å². The van der Waals surface area contributed by atoms with Crippen molar-refractivity contribution in [3.8, 4) is 0 Å². The summed E-state index contributed by atoms with van der Waals surface area (Å²) in [6, 6.07) is 1.55. The molecule has 0 saturated heterocycles. The maximum absolute atomic E-state index is 13.1. The van der Waals surface area contributed by atoms with Crippen molar-refractivity contribution in [2.75, 3.05) is 5.32 Å².